The molecule has 3 rings (SSSR count). The number of aryl methyl sites for hydroxylation is 2. The van der Waals surface area contributed by atoms with Crippen molar-refractivity contribution in [3.8, 4) is 0 Å². The first kappa shape index (κ1) is 14.6. The van der Waals surface area contributed by atoms with Crippen LogP contribution in [-0.4, -0.2) is 39.2 Å². The Morgan fingerprint density at radius 1 is 1.48 bits per heavy atom. The van der Waals surface area contributed by atoms with Gasteiger partial charge in [0.15, 0.2) is 5.82 Å². The molecule has 6 nitrogen and oxygen atoms in total. The van der Waals surface area contributed by atoms with Crippen LogP contribution in [0.3, 0.4) is 0 Å². The van der Waals surface area contributed by atoms with Crippen molar-refractivity contribution in [3.05, 3.63) is 27.8 Å². The van der Waals surface area contributed by atoms with E-state index in [1.807, 2.05) is 20.0 Å². The zero-order valence-electron chi connectivity index (χ0n) is 12.5. The van der Waals surface area contributed by atoms with Crippen LogP contribution >= 0.6 is 11.3 Å². The van der Waals surface area contributed by atoms with Crippen molar-refractivity contribution >= 4 is 11.3 Å². The van der Waals surface area contributed by atoms with Crippen LogP contribution in [0.25, 0.3) is 0 Å². The van der Waals surface area contributed by atoms with Crippen molar-refractivity contribution in [2.45, 2.75) is 45.8 Å². The monoisotopic (exact) mass is 307 g/mol. The average Bonchev–Trinajstić information content (AvgIpc) is 3.06. The molecule has 2 aromatic heterocycles. The van der Waals surface area contributed by atoms with Gasteiger partial charge in [-0.1, -0.05) is 5.16 Å². The maximum Gasteiger partial charge on any atom is 0.223 e. The molecule has 3 heterocycles. The van der Waals surface area contributed by atoms with Crippen LogP contribution in [0.1, 0.15) is 34.4 Å². The van der Waals surface area contributed by atoms with Crippen molar-refractivity contribution in [3.63, 3.8) is 0 Å². The fourth-order valence-corrected chi connectivity index (χ4v) is 3.45. The van der Waals surface area contributed by atoms with E-state index in [0.717, 1.165) is 37.0 Å². The second-order valence-corrected chi connectivity index (χ2v) is 6.85. The number of nitrogens with one attached hydrogen (secondary N) is 1. The van der Waals surface area contributed by atoms with Crippen LogP contribution < -0.4 is 5.32 Å². The molecule has 2 aromatic rings. The molecule has 0 saturated carbocycles. The van der Waals surface area contributed by atoms with Gasteiger partial charge in [0.25, 0.3) is 0 Å². The van der Waals surface area contributed by atoms with Crippen LogP contribution in [0.4, 0.5) is 0 Å². The van der Waals surface area contributed by atoms with Gasteiger partial charge in [0.05, 0.1) is 11.6 Å². The van der Waals surface area contributed by atoms with E-state index >= 15 is 0 Å². The highest BCUT2D eigenvalue weighted by Crippen LogP contribution is 2.15. The number of rotatable bonds is 5. The number of nitrogens with zero attached hydrogens (tertiary/aromatic N) is 4. The molecular weight excluding hydrogens is 286 g/mol. The summed E-state index contributed by atoms with van der Waals surface area (Å²) < 4.78 is 5.03. The molecule has 0 bridgehead atoms. The molecule has 21 heavy (non-hydrogen) atoms. The highest BCUT2D eigenvalue weighted by atomic mass is 32.1. The smallest absolute Gasteiger partial charge is 0.223 e. The number of hydrogen-bond donors (Lipinski definition) is 1. The molecule has 1 aliphatic heterocycles. The summed E-state index contributed by atoms with van der Waals surface area (Å²) in [5, 5.41) is 8.74. The van der Waals surface area contributed by atoms with E-state index < -0.39 is 0 Å². The fraction of sp³-hybridized carbons (Fsp3) is 0.643. The Morgan fingerprint density at radius 2 is 2.38 bits per heavy atom. The fourth-order valence-electron chi connectivity index (χ4n) is 2.70. The topological polar surface area (TPSA) is 67.1 Å². The maximum absolute atomic E-state index is 5.03. The zero-order chi connectivity index (χ0) is 14.7. The number of likely N-dealkylation sites (tertiary alicyclic amines) is 1. The Labute approximate surface area is 128 Å². The molecule has 1 N–H and O–H groups in total. The molecule has 1 saturated heterocycles. The lowest BCUT2D eigenvalue weighted by Crippen LogP contribution is -2.45. The first-order valence-electron chi connectivity index (χ1n) is 7.35. The number of hydrogen-bond acceptors (Lipinski definition) is 7. The van der Waals surface area contributed by atoms with Gasteiger partial charge in [-0.25, -0.2) is 4.98 Å². The molecule has 0 spiro atoms. The second-order valence-electron chi connectivity index (χ2n) is 5.53. The molecule has 1 unspecified atom stereocenters. The second kappa shape index (κ2) is 6.64. The molecule has 0 amide bonds. The largest absolute Gasteiger partial charge is 0.340 e. The molecule has 1 atom stereocenters. The Balaban J connectivity index is 1.48. The maximum atomic E-state index is 5.03. The summed E-state index contributed by atoms with van der Waals surface area (Å²) in [6, 6.07) is 0.522. The first-order valence-corrected chi connectivity index (χ1v) is 8.17. The van der Waals surface area contributed by atoms with E-state index in [1.54, 1.807) is 11.3 Å². The van der Waals surface area contributed by atoms with E-state index in [-0.39, 0.29) is 0 Å². The van der Waals surface area contributed by atoms with Gasteiger partial charge in [0.2, 0.25) is 5.89 Å². The lowest BCUT2D eigenvalue weighted by molar-refractivity contribution is 0.177. The zero-order valence-corrected chi connectivity index (χ0v) is 13.3. The third kappa shape index (κ3) is 4.09. The lowest BCUT2D eigenvalue weighted by atomic mass is 10.1. The summed E-state index contributed by atoms with van der Waals surface area (Å²) in [5.74, 6) is 1.42. The van der Waals surface area contributed by atoms with Gasteiger partial charge in [-0.2, -0.15) is 4.98 Å². The number of aromatic nitrogens is 3. The molecule has 0 aliphatic carbocycles. The minimum atomic E-state index is 0.522. The summed E-state index contributed by atoms with van der Waals surface area (Å²) in [6.45, 7) is 7.69. The minimum absolute atomic E-state index is 0.522. The molecular formula is C14H21N5OS. The average molecular weight is 307 g/mol. The summed E-state index contributed by atoms with van der Waals surface area (Å²) >= 11 is 1.76. The Bertz CT molecular complexity index is 581. The van der Waals surface area contributed by atoms with Gasteiger partial charge >= 0.3 is 0 Å². The van der Waals surface area contributed by atoms with Crippen molar-refractivity contribution in [1.82, 2.24) is 25.3 Å². The lowest BCUT2D eigenvalue weighted by Gasteiger charge is -2.32. The van der Waals surface area contributed by atoms with Crippen LogP contribution in [0.2, 0.25) is 0 Å². The number of thiazole rings is 1. The van der Waals surface area contributed by atoms with Crippen molar-refractivity contribution < 1.29 is 4.52 Å². The van der Waals surface area contributed by atoms with Crippen LogP contribution in [-0.2, 0) is 13.1 Å². The van der Waals surface area contributed by atoms with Crippen molar-refractivity contribution in [1.29, 1.82) is 0 Å². The molecule has 114 valence electrons. The normalized spacial score (nSPS) is 20.0. The number of piperidine rings is 1. The predicted octanol–water partition coefficient (Wildman–Crippen LogP) is 1.90. The third-order valence-electron chi connectivity index (χ3n) is 3.67. The highest BCUT2D eigenvalue weighted by Gasteiger charge is 2.21. The van der Waals surface area contributed by atoms with Gasteiger partial charge in [-0.05, 0) is 26.3 Å². The Morgan fingerprint density at radius 3 is 3.10 bits per heavy atom. The van der Waals surface area contributed by atoms with E-state index in [2.05, 4.69) is 25.3 Å². The summed E-state index contributed by atoms with van der Waals surface area (Å²) in [6.07, 6.45) is 4.39. The van der Waals surface area contributed by atoms with Gasteiger partial charge in [-0.15, -0.1) is 11.3 Å². The Hall–Kier alpha value is -1.31. The quantitative estimate of drug-likeness (QED) is 0.910. The van der Waals surface area contributed by atoms with Crippen molar-refractivity contribution in [2.75, 3.05) is 13.1 Å². The molecule has 0 radical (unpaired) electrons. The molecule has 7 heteroatoms. The standard InChI is InChI=1S/C14H21N5OS/c1-10-17-14(18-20-10)9-19-5-3-4-12(8-19)16-7-13-6-15-11(2)21-13/h6,12,16H,3-5,7-9H2,1-2H3. The Kier molecular flexibility index (Phi) is 4.62. The summed E-state index contributed by atoms with van der Waals surface area (Å²) in [5.41, 5.74) is 0. The first-order chi connectivity index (χ1) is 10.2. The molecule has 1 fully saturated rings. The van der Waals surface area contributed by atoms with Crippen molar-refractivity contribution in [2.24, 2.45) is 0 Å². The van der Waals surface area contributed by atoms with Gasteiger partial charge in [0, 0.05) is 37.1 Å². The van der Waals surface area contributed by atoms with E-state index in [0.29, 0.717) is 11.9 Å². The van der Waals surface area contributed by atoms with Crippen LogP contribution in [0.15, 0.2) is 10.7 Å². The van der Waals surface area contributed by atoms with Gasteiger partial charge in [0.1, 0.15) is 0 Å². The van der Waals surface area contributed by atoms with Gasteiger partial charge < -0.3 is 9.84 Å². The van der Waals surface area contributed by atoms with E-state index in [1.165, 1.54) is 17.7 Å². The van der Waals surface area contributed by atoms with E-state index in [9.17, 15) is 0 Å². The summed E-state index contributed by atoms with van der Waals surface area (Å²) in [7, 11) is 0. The highest BCUT2D eigenvalue weighted by molar-refractivity contribution is 7.11. The molecule has 0 aromatic carbocycles. The van der Waals surface area contributed by atoms with Crippen LogP contribution in [0.5, 0.6) is 0 Å². The van der Waals surface area contributed by atoms with E-state index in [4.69, 9.17) is 4.52 Å². The van der Waals surface area contributed by atoms with Gasteiger partial charge in [-0.3, -0.25) is 4.90 Å². The predicted molar refractivity (Wildman–Crippen MR) is 81.0 cm³/mol. The van der Waals surface area contributed by atoms with Crippen LogP contribution in [0, 0.1) is 13.8 Å². The minimum Gasteiger partial charge on any atom is -0.340 e. The summed E-state index contributed by atoms with van der Waals surface area (Å²) in [4.78, 5) is 12.3. The molecule has 1 aliphatic rings. The SMILES string of the molecule is Cc1nc(CN2CCCC(NCc3cnc(C)s3)C2)no1. The third-order valence-corrected chi connectivity index (χ3v) is 4.59.